The minimum atomic E-state index is -0.563. The number of esters is 2. The number of rotatable bonds is 5. The lowest BCUT2D eigenvalue weighted by atomic mass is 10.0. The maximum atomic E-state index is 12.7. The molecule has 2 aromatic carbocycles. The molecule has 0 amide bonds. The molecule has 7 heteroatoms. The number of aliphatic imine (C=N–C) groups is 1. The third-order valence-corrected chi connectivity index (χ3v) is 5.77. The Morgan fingerprint density at radius 3 is 2.45 bits per heavy atom. The van der Waals surface area contributed by atoms with Gasteiger partial charge in [-0.05, 0) is 31.5 Å². The van der Waals surface area contributed by atoms with E-state index in [4.69, 9.17) is 21.1 Å². The van der Waals surface area contributed by atoms with E-state index in [1.165, 1.54) is 11.3 Å². The summed E-state index contributed by atoms with van der Waals surface area (Å²) in [5.74, 6) is -0.634. The summed E-state index contributed by atoms with van der Waals surface area (Å²) in [5, 5.41) is 2.80. The molecule has 1 aliphatic heterocycles. The minimum Gasteiger partial charge on any atom is -0.462 e. The predicted molar refractivity (Wildman–Crippen MR) is 123 cm³/mol. The van der Waals surface area contributed by atoms with Gasteiger partial charge in [0.2, 0.25) is 0 Å². The summed E-state index contributed by atoms with van der Waals surface area (Å²) >= 11 is 7.25. The second kappa shape index (κ2) is 8.88. The van der Waals surface area contributed by atoms with Gasteiger partial charge in [-0.1, -0.05) is 53.6 Å². The Morgan fingerprint density at radius 2 is 1.77 bits per heavy atom. The van der Waals surface area contributed by atoms with Gasteiger partial charge in [0.25, 0.3) is 0 Å². The molecule has 0 spiro atoms. The molecule has 31 heavy (non-hydrogen) atoms. The van der Waals surface area contributed by atoms with Crippen molar-refractivity contribution in [1.29, 1.82) is 0 Å². The quantitative estimate of drug-likeness (QED) is 0.431. The fraction of sp³-hybridized carbons (Fsp3) is 0.125. The van der Waals surface area contributed by atoms with Crippen molar-refractivity contribution in [1.82, 2.24) is 0 Å². The Morgan fingerprint density at radius 1 is 1.10 bits per heavy atom. The van der Waals surface area contributed by atoms with E-state index in [1.807, 2.05) is 48.7 Å². The van der Waals surface area contributed by atoms with Crippen LogP contribution in [0.1, 0.15) is 28.4 Å². The van der Waals surface area contributed by atoms with E-state index in [0.29, 0.717) is 26.9 Å². The van der Waals surface area contributed by atoms with Gasteiger partial charge in [-0.3, -0.25) is 0 Å². The molecule has 1 aliphatic rings. The number of carbonyl (C=O) groups is 2. The van der Waals surface area contributed by atoms with Gasteiger partial charge in [-0.2, -0.15) is 0 Å². The summed E-state index contributed by atoms with van der Waals surface area (Å²) < 4.78 is 10.6. The van der Waals surface area contributed by atoms with Crippen molar-refractivity contribution in [2.75, 3.05) is 6.61 Å². The van der Waals surface area contributed by atoms with Crippen molar-refractivity contribution in [3.8, 4) is 11.1 Å². The summed E-state index contributed by atoms with van der Waals surface area (Å²) in [5.41, 5.74) is 3.81. The summed E-state index contributed by atoms with van der Waals surface area (Å²) in [4.78, 5) is 29.6. The van der Waals surface area contributed by atoms with Crippen LogP contribution in [0.25, 0.3) is 16.9 Å². The van der Waals surface area contributed by atoms with E-state index in [1.54, 1.807) is 25.1 Å². The zero-order valence-corrected chi connectivity index (χ0v) is 18.4. The number of halogens is 1. The Balaban J connectivity index is 1.76. The van der Waals surface area contributed by atoms with Crippen LogP contribution in [0.15, 0.2) is 65.0 Å². The lowest BCUT2D eigenvalue weighted by Gasteiger charge is -2.06. The molecular weight excluding hydrogens is 434 g/mol. The summed E-state index contributed by atoms with van der Waals surface area (Å²) in [7, 11) is 0. The maximum Gasteiger partial charge on any atom is 0.362 e. The Labute approximate surface area is 188 Å². The number of aryl methyl sites for hydroxylation is 1. The van der Waals surface area contributed by atoms with Gasteiger partial charge in [0.1, 0.15) is 16.3 Å². The van der Waals surface area contributed by atoms with Crippen LogP contribution in [0.2, 0.25) is 5.02 Å². The van der Waals surface area contributed by atoms with Crippen LogP contribution in [-0.4, -0.2) is 24.3 Å². The van der Waals surface area contributed by atoms with Crippen LogP contribution < -0.4 is 0 Å². The Bertz CT molecular complexity index is 1210. The summed E-state index contributed by atoms with van der Waals surface area (Å²) in [6.07, 6.45) is 1.59. The van der Waals surface area contributed by atoms with Gasteiger partial charge >= 0.3 is 11.9 Å². The van der Waals surface area contributed by atoms with Crippen LogP contribution in [0.3, 0.4) is 0 Å². The number of nitrogens with zero attached hydrogens (tertiary/aromatic N) is 1. The number of carbonyl (C=O) groups excluding carboxylic acids is 2. The number of hydrogen-bond acceptors (Lipinski definition) is 6. The highest BCUT2D eigenvalue weighted by Gasteiger charge is 2.27. The lowest BCUT2D eigenvalue weighted by Crippen LogP contribution is -2.08. The van der Waals surface area contributed by atoms with Crippen LogP contribution in [0.5, 0.6) is 0 Å². The first-order chi connectivity index (χ1) is 15.0. The average molecular weight is 452 g/mol. The average Bonchev–Trinajstić information content (AvgIpc) is 3.33. The molecule has 0 N–H and O–H groups in total. The molecule has 0 bridgehead atoms. The molecule has 3 aromatic rings. The first-order valence-corrected chi connectivity index (χ1v) is 10.9. The summed E-state index contributed by atoms with van der Waals surface area (Å²) in [6, 6.07) is 14.8. The molecule has 0 unspecified atom stereocenters. The highest BCUT2D eigenvalue weighted by molar-refractivity contribution is 7.15. The largest absolute Gasteiger partial charge is 0.462 e. The second-order valence-corrected chi connectivity index (χ2v) is 8.11. The van der Waals surface area contributed by atoms with Crippen LogP contribution >= 0.6 is 22.9 Å². The van der Waals surface area contributed by atoms with E-state index in [-0.39, 0.29) is 12.3 Å². The minimum absolute atomic E-state index is 0.130. The fourth-order valence-corrected chi connectivity index (χ4v) is 4.16. The van der Waals surface area contributed by atoms with Gasteiger partial charge in [-0.25, -0.2) is 14.6 Å². The monoisotopic (exact) mass is 451 g/mol. The first-order valence-electron chi connectivity index (χ1n) is 9.60. The third kappa shape index (κ3) is 4.45. The smallest absolute Gasteiger partial charge is 0.362 e. The van der Waals surface area contributed by atoms with Gasteiger partial charge in [0.15, 0.2) is 5.71 Å². The van der Waals surface area contributed by atoms with Crippen molar-refractivity contribution in [3.63, 3.8) is 0 Å². The topological polar surface area (TPSA) is 65.0 Å². The SMILES string of the molecule is CCOC(=O)c1c(-c2ccc(Cl)cc2)csc1N=C1C=C(c2ccc(C)cc2)OC1=O. The van der Waals surface area contributed by atoms with Gasteiger partial charge in [-0.15, -0.1) is 11.3 Å². The molecule has 0 fully saturated rings. The van der Waals surface area contributed by atoms with Crippen molar-refractivity contribution in [2.24, 2.45) is 4.99 Å². The van der Waals surface area contributed by atoms with Crippen LogP contribution in [0, 0.1) is 6.92 Å². The van der Waals surface area contributed by atoms with E-state index in [9.17, 15) is 9.59 Å². The number of ether oxygens (including phenoxy) is 2. The molecule has 0 aliphatic carbocycles. The zero-order chi connectivity index (χ0) is 22.0. The zero-order valence-electron chi connectivity index (χ0n) is 16.8. The van der Waals surface area contributed by atoms with Gasteiger partial charge in [0, 0.05) is 27.6 Å². The molecule has 2 heterocycles. The number of hydrogen-bond donors (Lipinski definition) is 0. The lowest BCUT2D eigenvalue weighted by molar-refractivity contribution is -0.128. The molecule has 0 radical (unpaired) electrons. The number of thiophene rings is 1. The molecule has 0 saturated heterocycles. The summed E-state index contributed by atoms with van der Waals surface area (Å²) in [6.45, 7) is 3.95. The van der Waals surface area contributed by atoms with E-state index in [2.05, 4.69) is 4.99 Å². The van der Waals surface area contributed by atoms with Crippen molar-refractivity contribution < 1.29 is 19.1 Å². The van der Waals surface area contributed by atoms with Crippen molar-refractivity contribution >= 4 is 51.3 Å². The van der Waals surface area contributed by atoms with Crippen molar-refractivity contribution in [3.05, 3.63) is 81.7 Å². The number of benzene rings is 2. The normalized spacial score (nSPS) is 14.5. The standard InChI is InChI=1S/C24H18ClNO4S/c1-3-29-24(28)21-18(15-8-10-17(25)11-9-15)13-31-22(21)26-19-12-20(30-23(19)27)16-6-4-14(2)5-7-16/h4-13H,3H2,1-2H3. The second-order valence-electron chi connectivity index (χ2n) is 6.82. The van der Waals surface area contributed by atoms with Crippen LogP contribution in [-0.2, 0) is 14.3 Å². The molecule has 4 rings (SSSR count). The molecule has 0 saturated carbocycles. The Kier molecular flexibility index (Phi) is 6.02. The van der Waals surface area contributed by atoms with E-state index in [0.717, 1.165) is 16.7 Å². The molecule has 0 atom stereocenters. The number of cyclic esters (lactones) is 1. The maximum absolute atomic E-state index is 12.7. The van der Waals surface area contributed by atoms with Crippen LogP contribution in [0.4, 0.5) is 5.00 Å². The molecular formula is C24H18ClNO4S. The predicted octanol–water partition coefficient (Wildman–Crippen LogP) is 6.22. The molecule has 156 valence electrons. The van der Waals surface area contributed by atoms with Crippen molar-refractivity contribution in [2.45, 2.75) is 13.8 Å². The van der Waals surface area contributed by atoms with E-state index < -0.39 is 11.9 Å². The highest BCUT2D eigenvalue weighted by Crippen LogP contribution is 2.39. The highest BCUT2D eigenvalue weighted by atomic mass is 35.5. The third-order valence-electron chi connectivity index (χ3n) is 4.64. The van der Waals surface area contributed by atoms with Gasteiger partial charge in [0.05, 0.1) is 6.61 Å². The Hall–Kier alpha value is -3.22. The molecule has 1 aromatic heterocycles. The fourth-order valence-electron chi connectivity index (χ4n) is 3.08. The van der Waals surface area contributed by atoms with E-state index >= 15 is 0 Å². The molecule has 5 nitrogen and oxygen atoms in total. The first kappa shape index (κ1) is 21.0. The van der Waals surface area contributed by atoms with Gasteiger partial charge < -0.3 is 9.47 Å².